The Morgan fingerprint density at radius 3 is 3.00 bits per heavy atom. The van der Waals surface area contributed by atoms with Gasteiger partial charge in [-0.25, -0.2) is 4.98 Å². The summed E-state index contributed by atoms with van der Waals surface area (Å²) in [5.41, 5.74) is 6.32. The van der Waals surface area contributed by atoms with Crippen molar-refractivity contribution in [2.24, 2.45) is 11.7 Å². The molecule has 5 heteroatoms. The van der Waals surface area contributed by atoms with Crippen LogP contribution in [0.5, 0.6) is 0 Å². The fraction of sp³-hybridized carbons (Fsp3) is 0.667. The minimum atomic E-state index is 0.0275. The fourth-order valence-corrected chi connectivity index (χ4v) is 3.18. The van der Waals surface area contributed by atoms with Gasteiger partial charge in [-0.3, -0.25) is 4.79 Å². The van der Waals surface area contributed by atoms with Crippen LogP contribution >= 0.6 is 11.3 Å². The second-order valence-electron chi connectivity index (χ2n) is 4.66. The summed E-state index contributed by atoms with van der Waals surface area (Å²) in [5.74, 6) is 0.475. The minimum Gasteiger partial charge on any atom is -0.337 e. The molecule has 0 bridgehead atoms. The van der Waals surface area contributed by atoms with Gasteiger partial charge in [-0.1, -0.05) is 6.42 Å². The third-order valence-electron chi connectivity index (χ3n) is 3.58. The van der Waals surface area contributed by atoms with E-state index in [2.05, 4.69) is 4.98 Å². The van der Waals surface area contributed by atoms with Crippen LogP contribution in [0, 0.1) is 12.8 Å². The smallest absolute Gasteiger partial charge is 0.273 e. The SMILES string of the molecule is Cc1nc(C(=O)N(C)C2CCCC2CN)cs1. The second kappa shape index (κ2) is 5.14. The van der Waals surface area contributed by atoms with Crippen molar-refractivity contribution in [3.63, 3.8) is 0 Å². The molecule has 2 atom stereocenters. The molecule has 2 rings (SSSR count). The molecule has 1 heterocycles. The lowest BCUT2D eigenvalue weighted by Crippen LogP contribution is -2.41. The van der Waals surface area contributed by atoms with Crippen LogP contribution in [-0.4, -0.2) is 35.4 Å². The summed E-state index contributed by atoms with van der Waals surface area (Å²) in [6.45, 7) is 2.58. The Balaban J connectivity index is 2.09. The van der Waals surface area contributed by atoms with E-state index in [1.807, 2.05) is 24.3 Å². The van der Waals surface area contributed by atoms with Gasteiger partial charge in [-0.05, 0) is 32.2 Å². The molecule has 0 radical (unpaired) electrons. The summed E-state index contributed by atoms with van der Waals surface area (Å²) < 4.78 is 0. The van der Waals surface area contributed by atoms with Crippen molar-refractivity contribution in [3.8, 4) is 0 Å². The number of amides is 1. The van der Waals surface area contributed by atoms with Gasteiger partial charge in [-0.15, -0.1) is 11.3 Å². The lowest BCUT2D eigenvalue weighted by molar-refractivity contribution is 0.0694. The molecule has 0 spiro atoms. The highest BCUT2D eigenvalue weighted by Gasteiger charge is 2.32. The van der Waals surface area contributed by atoms with Gasteiger partial charge in [0.15, 0.2) is 0 Å². The Labute approximate surface area is 106 Å². The van der Waals surface area contributed by atoms with Crippen LogP contribution in [-0.2, 0) is 0 Å². The first-order valence-electron chi connectivity index (χ1n) is 6.03. The highest BCUT2D eigenvalue weighted by molar-refractivity contribution is 7.09. The zero-order chi connectivity index (χ0) is 12.4. The molecular weight excluding hydrogens is 234 g/mol. The van der Waals surface area contributed by atoms with Crippen LogP contribution in [0.4, 0.5) is 0 Å². The van der Waals surface area contributed by atoms with E-state index in [-0.39, 0.29) is 11.9 Å². The summed E-state index contributed by atoms with van der Waals surface area (Å²) in [5, 5.41) is 2.77. The zero-order valence-electron chi connectivity index (χ0n) is 10.3. The molecule has 1 aromatic heterocycles. The molecule has 17 heavy (non-hydrogen) atoms. The lowest BCUT2D eigenvalue weighted by Gasteiger charge is -2.28. The van der Waals surface area contributed by atoms with Crippen molar-refractivity contribution < 1.29 is 4.79 Å². The predicted molar refractivity (Wildman–Crippen MR) is 69.1 cm³/mol. The van der Waals surface area contributed by atoms with E-state index < -0.39 is 0 Å². The number of hydrogen-bond donors (Lipinski definition) is 1. The molecule has 0 aromatic carbocycles. The van der Waals surface area contributed by atoms with Gasteiger partial charge in [0.25, 0.3) is 5.91 Å². The Hall–Kier alpha value is -0.940. The average Bonchev–Trinajstić information content (AvgIpc) is 2.95. The van der Waals surface area contributed by atoms with Crippen molar-refractivity contribution in [2.45, 2.75) is 32.2 Å². The van der Waals surface area contributed by atoms with Gasteiger partial charge in [0.05, 0.1) is 5.01 Å². The third kappa shape index (κ3) is 2.50. The van der Waals surface area contributed by atoms with Gasteiger partial charge in [0.2, 0.25) is 0 Å². The first-order chi connectivity index (χ1) is 8.13. The Morgan fingerprint density at radius 2 is 2.41 bits per heavy atom. The van der Waals surface area contributed by atoms with E-state index in [0.29, 0.717) is 18.2 Å². The molecule has 1 aromatic rings. The first kappa shape index (κ1) is 12.5. The number of carbonyl (C=O) groups is 1. The highest BCUT2D eigenvalue weighted by Crippen LogP contribution is 2.29. The molecule has 1 fully saturated rings. The molecule has 2 N–H and O–H groups in total. The summed E-state index contributed by atoms with van der Waals surface area (Å²) in [7, 11) is 1.87. The van der Waals surface area contributed by atoms with E-state index in [9.17, 15) is 4.79 Å². The molecule has 0 saturated heterocycles. The molecule has 1 aliphatic rings. The maximum atomic E-state index is 12.2. The standard InChI is InChI=1S/C12H19N3OS/c1-8-14-10(7-17-8)12(16)15(2)11-5-3-4-9(11)6-13/h7,9,11H,3-6,13H2,1-2H3. The number of nitrogens with two attached hydrogens (primary N) is 1. The number of aryl methyl sites for hydroxylation is 1. The van der Waals surface area contributed by atoms with Crippen molar-refractivity contribution in [1.29, 1.82) is 0 Å². The number of hydrogen-bond acceptors (Lipinski definition) is 4. The van der Waals surface area contributed by atoms with Crippen LogP contribution in [0.25, 0.3) is 0 Å². The topological polar surface area (TPSA) is 59.2 Å². The summed E-state index contributed by atoms with van der Waals surface area (Å²) in [6.07, 6.45) is 3.36. The molecule has 1 aliphatic carbocycles. The maximum Gasteiger partial charge on any atom is 0.273 e. The normalized spacial score (nSPS) is 23.9. The molecule has 1 amide bonds. The second-order valence-corrected chi connectivity index (χ2v) is 5.72. The van der Waals surface area contributed by atoms with Crippen LogP contribution in [0.1, 0.15) is 34.8 Å². The molecular formula is C12H19N3OS. The number of aromatic nitrogens is 1. The first-order valence-corrected chi connectivity index (χ1v) is 6.90. The van der Waals surface area contributed by atoms with E-state index in [1.165, 1.54) is 17.8 Å². The molecule has 2 unspecified atom stereocenters. The maximum absolute atomic E-state index is 12.2. The molecule has 4 nitrogen and oxygen atoms in total. The van der Waals surface area contributed by atoms with Crippen molar-refractivity contribution in [3.05, 3.63) is 16.1 Å². The summed E-state index contributed by atoms with van der Waals surface area (Å²) >= 11 is 1.52. The van der Waals surface area contributed by atoms with Gasteiger partial charge in [0, 0.05) is 18.5 Å². The summed E-state index contributed by atoms with van der Waals surface area (Å²) in [4.78, 5) is 18.3. The largest absolute Gasteiger partial charge is 0.337 e. The van der Waals surface area contributed by atoms with Crippen LogP contribution in [0.15, 0.2) is 5.38 Å². The van der Waals surface area contributed by atoms with Crippen LogP contribution in [0.2, 0.25) is 0 Å². The Morgan fingerprint density at radius 1 is 1.65 bits per heavy atom. The van der Waals surface area contributed by atoms with Gasteiger partial charge in [-0.2, -0.15) is 0 Å². The Bertz CT molecular complexity index is 404. The van der Waals surface area contributed by atoms with Crippen LogP contribution in [0.3, 0.4) is 0 Å². The number of thiazole rings is 1. The summed E-state index contributed by atoms with van der Waals surface area (Å²) in [6, 6.07) is 0.287. The molecule has 1 saturated carbocycles. The number of carbonyl (C=O) groups excluding carboxylic acids is 1. The zero-order valence-corrected chi connectivity index (χ0v) is 11.2. The minimum absolute atomic E-state index is 0.0275. The molecule has 0 aliphatic heterocycles. The van der Waals surface area contributed by atoms with Gasteiger partial charge in [0.1, 0.15) is 5.69 Å². The quantitative estimate of drug-likeness (QED) is 0.891. The van der Waals surface area contributed by atoms with Crippen LogP contribution < -0.4 is 5.73 Å². The number of nitrogens with zero attached hydrogens (tertiary/aromatic N) is 2. The van der Waals surface area contributed by atoms with Crippen molar-refractivity contribution in [2.75, 3.05) is 13.6 Å². The molecule has 94 valence electrons. The van der Waals surface area contributed by atoms with Crippen molar-refractivity contribution in [1.82, 2.24) is 9.88 Å². The lowest BCUT2D eigenvalue weighted by atomic mass is 10.0. The van der Waals surface area contributed by atoms with E-state index in [4.69, 9.17) is 5.73 Å². The Kier molecular flexibility index (Phi) is 3.79. The number of rotatable bonds is 3. The van der Waals surface area contributed by atoms with E-state index in [0.717, 1.165) is 17.8 Å². The van der Waals surface area contributed by atoms with Gasteiger partial charge >= 0.3 is 0 Å². The average molecular weight is 253 g/mol. The van der Waals surface area contributed by atoms with E-state index >= 15 is 0 Å². The highest BCUT2D eigenvalue weighted by atomic mass is 32.1. The monoisotopic (exact) mass is 253 g/mol. The van der Waals surface area contributed by atoms with Gasteiger partial charge < -0.3 is 10.6 Å². The third-order valence-corrected chi connectivity index (χ3v) is 4.35. The predicted octanol–water partition coefficient (Wildman–Crippen LogP) is 1.65. The van der Waals surface area contributed by atoms with E-state index in [1.54, 1.807) is 0 Å². The van der Waals surface area contributed by atoms with Crippen molar-refractivity contribution >= 4 is 17.2 Å². The fourth-order valence-electron chi connectivity index (χ4n) is 2.60.